The number of anilines is 2. The van der Waals surface area contributed by atoms with E-state index in [-0.39, 0.29) is 24.2 Å². The minimum absolute atomic E-state index is 0.0766. The van der Waals surface area contributed by atoms with Gasteiger partial charge in [-0.05, 0) is 54.6 Å². The van der Waals surface area contributed by atoms with Crippen LogP contribution < -0.4 is 15.4 Å². The Kier molecular flexibility index (Phi) is 8.02. The maximum atomic E-state index is 12.1. The molecule has 0 saturated carbocycles. The predicted octanol–water partition coefficient (Wildman–Crippen LogP) is 5.74. The van der Waals surface area contributed by atoms with Gasteiger partial charge >= 0.3 is 0 Å². The molecule has 0 saturated heterocycles. The fourth-order valence-electron chi connectivity index (χ4n) is 2.43. The second-order valence-electron chi connectivity index (χ2n) is 6.14. The predicted molar refractivity (Wildman–Crippen MR) is 123 cm³/mol. The van der Waals surface area contributed by atoms with Gasteiger partial charge < -0.3 is 15.4 Å². The van der Waals surface area contributed by atoms with E-state index >= 15 is 0 Å². The topological polar surface area (TPSA) is 67.4 Å². The molecule has 3 aromatic rings. The summed E-state index contributed by atoms with van der Waals surface area (Å²) >= 11 is 13.3. The molecule has 0 aromatic heterocycles. The molecule has 0 aliphatic rings. The number of ether oxygens (including phenoxy) is 1. The normalized spacial score (nSPS) is 10.3. The third-order valence-electron chi connectivity index (χ3n) is 3.82. The van der Waals surface area contributed by atoms with Gasteiger partial charge in [0.15, 0.2) is 6.61 Å². The fraction of sp³-hybridized carbons (Fsp3) is 0.0909. The smallest absolute Gasteiger partial charge is 0.262 e. The number of carbonyl (C=O) groups is 2. The monoisotopic (exact) mass is 460 g/mol. The Morgan fingerprint density at radius 2 is 1.60 bits per heavy atom. The second-order valence-corrected chi connectivity index (χ2v) is 8.03. The number of hydrogen-bond acceptors (Lipinski definition) is 4. The van der Waals surface area contributed by atoms with Crippen LogP contribution in [0.2, 0.25) is 10.0 Å². The van der Waals surface area contributed by atoms with E-state index in [1.807, 2.05) is 30.3 Å². The lowest BCUT2D eigenvalue weighted by atomic mass is 10.3. The van der Waals surface area contributed by atoms with E-state index in [2.05, 4.69) is 10.6 Å². The Hall–Kier alpha value is -2.67. The molecule has 0 heterocycles. The maximum absolute atomic E-state index is 12.1. The van der Waals surface area contributed by atoms with Gasteiger partial charge in [-0.3, -0.25) is 9.59 Å². The molecular weight excluding hydrogens is 443 g/mol. The highest BCUT2D eigenvalue weighted by Gasteiger charge is 2.08. The van der Waals surface area contributed by atoms with Crippen molar-refractivity contribution < 1.29 is 14.3 Å². The zero-order valence-corrected chi connectivity index (χ0v) is 18.1. The van der Waals surface area contributed by atoms with Crippen molar-refractivity contribution in [1.82, 2.24) is 0 Å². The van der Waals surface area contributed by atoms with E-state index in [1.165, 1.54) is 11.8 Å². The van der Waals surface area contributed by atoms with Crippen molar-refractivity contribution in [3.05, 3.63) is 82.8 Å². The Balaban J connectivity index is 1.44. The third-order valence-corrected chi connectivity index (χ3v) is 5.40. The molecule has 0 bridgehead atoms. The molecule has 5 nitrogen and oxygen atoms in total. The molecule has 0 atom stereocenters. The highest BCUT2D eigenvalue weighted by molar-refractivity contribution is 8.00. The Labute approximate surface area is 188 Å². The molecule has 0 aliphatic heterocycles. The fourth-order valence-corrected chi connectivity index (χ4v) is 3.46. The molecule has 3 rings (SSSR count). The van der Waals surface area contributed by atoms with Crippen LogP contribution in [0.4, 0.5) is 11.4 Å². The summed E-state index contributed by atoms with van der Waals surface area (Å²) in [5.74, 6) is 0.396. The minimum atomic E-state index is -0.253. The SMILES string of the molecule is O=C(COc1ccccc1)Nc1ccc(SCC(=O)Nc2cc(Cl)ccc2Cl)cc1. The summed E-state index contributed by atoms with van der Waals surface area (Å²) in [5.41, 5.74) is 1.13. The molecule has 2 amide bonds. The third kappa shape index (κ3) is 6.99. The van der Waals surface area contributed by atoms with Crippen molar-refractivity contribution in [2.75, 3.05) is 23.0 Å². The van der Waals surface area contributed by atoms with Gasteiger partial charge in [0.1, 0.15) is 5.75 Å². The van der Waals surface area contributed by atoms with Gasteiger partial charge in [0.25, 0.3) is 5.91 Å². The lowest BCUT2D eigenvalue weighted by Gasteiger charge is -2.09. The summed E-state index contributed by atoms with van der Waals surface area (Å²) in [6.07, 6.45) is 0. The standard InChI is InChI=1S/C22H18Cl2N2O3S/c23-15-6-11-19(24)20(12-15)26-22(28)14-30-18-9-7-16(8-10-18)25-21(27)13-29-17-4-2-1-3-5-17/h1-12H,13-14H2,(H,25,27)(H,26,28). The number of carbonyl (C=O) groups excluding carboxylic acids is 2. The summed E-state index contributed by atoms with van der Waals surface area (Å²) in [4.78, 5) is 25.0. The van der Waals surface area contributed by atoms with Crippen LogP contribution in [0.25, 0.3) is 0 Å². The average Bonchev–Trinajstić information content (AvgIpc) is 2.75. The number of hydrogen-bond donors (Lipinski definition) is 2. The molecule has 154 valence electrons. The zero-order valence-electron chi connectivity index (χ0n) is 15.7. The van der Waals surface area contributed by atoms with E-state index in [0.717, 1.165) is 4.90 Å². The van der Waals surface area contributed by atoms with Crippen molar-refractivity contribution in [2.45, 2.75) is 4.90 Å². The van der Waals surface area contributed by atoms with Crippen LogP contribution >= 0.6 is 35.0 Å². The number of rotatable bonds is 8. The van der Waals surface area contributed by atoms with E-state index in [1.54, 1.807) is 42.5 Å². The van der Waals surface area contributed by atoms with E-state index < -0.39 is 0 Å². The number of benzene rings is 3. The average molecular weight is 461 g/mol. The molecule has 3 aromatic carbocycles. The van der Waals surface area contributed by atoms with Crippen LogP contribution in [0, 0.1) is 0 Å². The van der Waals surface area contributed by atoms with Gasteiger partial charge in [0.05, 0.1) is 16.5 Å². The van der Waals surface area contributed by atoms with Crippen LogP contribution in [0.5, 0.6) is 5.75 Å². The summed E-state index contributed by atoms with van der Waals surface area (Å²) in [6, 6.07) is 21.2. The first kappa shape index (κ1) is 22.0. The Morgan fingerprint density at radius 1 is 0.867 bits per heavy atom. The molecule has 0 radical (unpaired) electrons. The van der Waals surface area contributed by atoms with Gasteiger partial charge in [-0.25, -0.2) is 0 Å². The highest BCUT2D eigenvalue weighted by atomic mass is 35.5. The second kappa shape index (κ2) is 10.9. The molecule has 0 aliphatic carbocycles. The van der Waals surface area contributed by atoms with Gasteiger partial charge in [-0.1, -0.05) is 41.4 Å². The summed E-state index contributed by atoms with van der Waals surface area (Å²) in [5, 5.41) is 6.43. The first-order chi connectivity index (χ1) is 14.5. The van der Waals surface area contributed by atoms with Crippen molar-refractivity contribution in [3.8, 4) is 5.75 Å². The van der Waals surface area contributed by atoms with Crippen molar-refractivity contribution in [1.29, 1.82) is 0 Å². The molecule has 2 N–H and O–H groups in total. The van der Waals surface area contributed by atoms with Crippen molar-refractivity contribution in [3.63, 3.8) is 0 Å². The van der Waals surface area contributed by atoms with Crippen LogP contribution in [-0.2, 0) is 9.59 Å². The van der Waals surface area contributed by atoms with Crippen molar-refractivity contribution in [2.24, 2.45) is 0 Å². The van der Waals surface area contributed by atoms with Gasteiger partial charge in [-0.15, -0.1) is 11.8 Å². The van der Waals surface area contributed by atoms with Crippen LogP contribution in [0.3, 0.4) is 0 Å². The molecule has 0 spiro atoms. The van der Waals surface area contributed by atoms with Crippen LogP contribution in [0.1, 0.15) is 0 Å². The van der Waals surface area contributed by atoms with E-state index in [0.29, 0.717) is 27.2 Å². The van der Waals surface area contributed by atoms with Crippen molar-refractivity contribution >= 4 is 58.2 Å². The number of halogens is 2. The molecule has 0 fully saturated rings. The van der Waals surface area contributed by atoms with Gasteiger partial charge in [0.2, 0.25) is 5.91 Å². The van der Waals surface area contributed by atoms with Crippen LogP contribution in [0.15, 0.2) is 77.7 Å². The molecular formula is C22H18Cl2N2O3S. The molecule has 8 heteroatoms. The maximum Gasteiger partial charge on any atom is 0.262 e. The Morgan fingerprint density at radius 3 is 2.33 bits per heavy atom. The summed E-state index contributed by atoms with van der Waals surface area (Å²) < 4.78 is 5.41. The van der Waals surface area contributed by atoms with E-state index in [9.17, 15) is 9.59 Å². The largest absolute Gasteiger partial charge is 0.484 e. The van der Waals surface area contributed by atoms with Crippen LogP contribution in [-0.4, -0.2) is 24.2 Å². The first-order valence-corrected chi connectivity index (χ1v) is 10.7. The number of nitrogens with one attached hydrogen (secondary N) is 2. The molecule has 0 unspecified atom stereocenters. The Bertz CT molecular complexity index is 1010. The number of amides is 2. The summed E-state index contributed by atoms with van der Waals surface area (Å²) in [7, 11) is 0. The van der Waals surface area contributed by atoms with Gasteiger partial charge in [-0.2, -0.15) is 0 Å². The summed E-state index contributed by atoms with van der Waals surface area (Å²) in [6.45, 7) is -0.0766. The zero-order chi connectivity index (χ0) is 21.3. The van der Waals surface area contributed by atoms with Gasteiger partial charge in [0, 0.05) is 15.6 Å². The first-order valence-electron chi connectivity index (χ1n) is 8.95. The number of thioether (sulfide) groups is 1. The quantitative estimate of drug-likeness (QED) is 0.420. The number of para-hydroxylation sites is 1. The lowest BCUT2D eigenvalue weighted by molar-refractivity contribution is -0.118. The molecule has 30 heavy (non-hydrogen) atoms. The van der Waals surface area contributed by atoms with E-state index in [4.69, 9.17) is 27.9 Å². The highest BCUT2D eigenvalue weighted by Crippen LogP contribution is 2.26. The minimum Gasteiger partial charge on any atom is -0.484 e. The lowest BCUT2D eigenvalue weighted by Crippen LogP contribution is -2.20.